The number of nitrogens with one attached hydrogen (secondary N) is 1. The largest absolute Gasteiger partial charge is 0.388 e. The summed E-state index contributed by atoms with van der Waals surface area (Å²) in [5.41, 5.74) is -0.339. The molecular weight excluding hydrogens is 347 g/mol. The van der Waals surface area contributed by atoms with Crippen molar-refractivity contribution in [2.45, 2.75) is 32.3 Å². The first kappa shape index (κ1) is 15.2. The first-order valence-corrected chi connectivity index (χ1v) is 6.90. The summed E-state index contributed by atoms with van der Waals surface area (Å²) < 4.78 is 0.811. The van der Waals surface area contributed by atoms with E-state index in [-0.39, 0.29) is 5.69 Å². The number of nitro groups is 1. The number of anilines is 1. The first-order chi connectivity index (χ1) is 8.41. The molecule has 6 heteroatoms. The number of aliphatic hydroxyl groups is 1. The van der Waals surface area contributed by atoms with E-state index in [9.17, 15) is 15.2 Å². The molecular formula is C12H17IN2O3. The van der Waals surface area contributed by atoms with E-state index in [0.29, 0.717) is 25.1 Å². The van der Waals surface area contributed by atoms with Gasteiger partial charge in [0.1, 0.15) is 5.69 Å². The maximum atomic E-state index is 10.9. The second-order valence-electron chi connectivity index (χ2n) is 4.20. The van der Waals surface area contributed by atoms with E-state index < -0.39 is 10.5 Å². The SMILES string of the molecule is CCC(O)(CC)CNc1ccc(I)cc1[N+](=O)[O-]. The van der Waals surface area contributed by atoms with Crippen molar-refractivity contribution in [3.63, 3.8) is 0 Å². The normalized spacial score (nSPS) is 11.3. The maximum Gasteiger partial charge on any atom is 0.293 e. The molecule has 0 aliphatic heterocycles. The highest BCUT2D eigenvalue weighted by atomic mass is 127. The molecule has 0 radical (unpaired) electrons. The second kappa shape index (κ2) is 6.33. The third kappa shape index (κ3) is 3.81. The highest BCUT2D eigenvalue weighted by molar-refractivity contribution is 14.1. The highest BCUT2D eigenvalue weighted by Crippen LogP contribution is 2.27. The minimum absolute atomic E-state index is 0.0384. The lowest BCUT2D eigenvalue weighted by atomic mass is 9.97. The van der Waals surface area contributed by atoms with Crippen molar-refractivity contribution < 1.29 is 10.0 Å². The average molecular weight is 364 g/mol. The van der Waals surface area contributed by atoms with Crippen molar-refractivity contribution in [3.8, 4) is 0 Å². The predicted molar refractivity (Wildman–Crippen MR) is 79.8 cm³/mol. The van der Waals surface area contributed by atoms with Crippen LogP contribution in [0.4, 0.5) is 11.4 Å². The van der Waals surface area contributed by atoms with E-state index in [4.69, 9.17) is 0 Å². The standard InChI is InChI=1S/C12H17IN2O3/c1-3-12(16,4-2)8-14-10-6-5-9(13)7-11(10)15(17)18/h5-7,14,16H,3-4,8H2,1-2H3. The number of hydrogen-bond donors (Lipinski definition) is 2. The molecule has 0 saturated carbocycles. The number of benzene rings is 1. The summed E-state index contributed by atoms with van der Waals surface area (Å²) in [5, 5.41) is 24.0. The lowest BCUT2D eigenvalue weighted by Crippen LogP contribution is -2.35. The van der Waals surface area contributed by atoms with Gasteiger partial charge in [0.2, 0.25) is 0 Å². The van der Waals surface area contributed by atoms with E-state index in [1.165, 1.54) is 6.07 Å². The highest BCUT2D eigenvalue weighted by Gasteiger charge is 2.23. The molecule has 5 nitrogen and oxygen atoms in total. The summed E-state index contributed by atoms with van der Waals surface area (Å²) >= 11 is 2.03. The molecule has 0 aliphatic carbocycles. The molecule has 0 fully saturated rings. The van der Waals surface area contributed by atoms with Crippen LogP contribution in [0.3, 0.4) is 0 Å². The molecule has 0 saturated heterocycles. The van der Waals surface area contributed by atoms with Crippen LogP contribution in [0.25, 0.3) is 0 Å². The molecule has 0 aliphatic rings. The predicted octanol–water partition coefficient (Wildman–Crippen LogP) is 3.16. The lowest BCUT2D eigenvalue weighted by molar-refractivity contribution is -0.384. The van der Waals surface area contributed by atoms with Crippen LogP contribution in [0, 0.1) is 13.7 Å². The van der Waals surface area contributed by atoms with Gasteiger partial charge in [0.25, 0.3) is 5.69 Å². The second-order valence-corrected chi connectivity index (χ2v) is 5.45. The van der Waals surface area contributed by atoms with Crippen LogP contribution in [0.1, 0.15) is 26.7 Å². The van der Waals surface area contributed by atoms with E-state index >= 15 is 0 Å². The Bertz CT molecular complexity index is 433. The molecule has 100 valence electrons. The summed E-state index contributed by atoms with van der Waals surface area (Å²) in [7, 11) is 0. The molecule has 18 heavy (non-hydrogen) atoms. The van der Waals surface area contributed by atoms with Crippen molar-refractivity contribution in [3.05, 3.63) is 31.9 Å². The Hall–Kier alpha value is -0.890. The first-order valence-electron chi connectivity index (χ1n) is 5.82. The lowest BCUT2D eigenvalue weighted by Gasteiger charge is -2.25. The molecule has 0 spiro atoms. The molecule has 1 rings (SSSR count). The monoisotopic (exact) mass is 364 g/mol. The molecule has 0 atom stereocenters. The summed E-state index contributed by atoms with van der Waals surface area (Å²) in [6.07, 6.45) is 1.21. The van der Waals surface area contributed by atoms with Crippen molar-refractivity contribution in [1.29, 1.82) is 0 Å². The molecule has 1 aromatic carbocycles. The molecule has 0 amide bonds. The number of nitrogens with zero attached hydrogens (tertiary/aromatic N) is 1. The van der Waals surface area contributed by atoms with Gasteiger partial charge in [0, 0.05) is 16.2 Å². The van der Waals surface area contributed by atoms with Crippen LogP contribution in [-0.2, 0) is 0 Å². The van der Waals surface area contributed by atoms with Crippen LogP contribution in [0.5, 0.6) is 0 Å². The number of halogens is 1. The Kier molecular flexibility index (Phi) is 5.33. The van der Waals surface area contributed by atoms with Gasteiger partial charge in [-0.15, -0.1) is 0 Å². The average Bonchev–Trinajstić information content (AvgIpc) is 2.36. The molecule has 0 heterocycles. The minimum Gasteiger partial charge on any atom is -0.388 e. The Morgan fingerprint density at radius 2 is 2.06 bits per heavy atom. The molecule has 0 aromatic heterocycles. The number of rotatable bonds is 6. The third-order valence-corrected chi connectivity index (χ3v) is 3.75. The van der Waals surface area contributed by atoms with Crippen molar-refractivity contribution in [2.75, 3.05) is 11.9 Å². The zero-order chi connectivity index (χ0) is 13.8. The minimum atomic E-state index is -0.823. The van der Waals surface area contributed by atoms with Gasteiger partial charge in [-0.2, -0.15) is 0 Å². The zero-order valence-corrected chi connectivity index (χ0v) is 12.6. The van der Waals surface area contributed by atoms with Crippen LogP contribution in [0.15, 0.2) is 18.2 Å². The Labute approximate surface area is 120 Å². The van der Waals surface area contributed by atoms with Gasteiger partial charge in [0.15, 0.2) is 0 Å². The maximum absolute atomic E-state index is 10.9. The van der Waals surface area contributed by atoms with Gasteiger partial charge in [-0.05, 0) is 47.6 Å². The summed E-state index contributed by atoms with van der Waals surface area (Å²) in [5.74, 6) is 0. The van der Waals surface area contributed by atoms with Crippen LogP contribution in [-0.4, -0.2) is 22.2 Å². The number of hydrogen-bond acceptors (Lipinski definition) is 4. The van der Waals surface area contributed by atoms with E-state index in [0.717, 1.165) is 3.57 Å². The fraction of sp³-hybridized carbons (Fsp3) is 0.500. The van der Waals surface area contributed by atoms with Gasteiger partial charge in [-0.3, -0.25) is 10.1 Å². The molecule has 2 N–H and O–H groups in total. The quantitative estimate of drug-likeness (QED) is 0.462. The van der Waals surface area contributed by atoms with Gasteiger partial charge >= 0.3 is 0 Å². The smallest absolute Gasteiger partial charge is 0.293 e. The van der Waals surface area contributed by atoms with Crippen molar-refractivity contribution in [2.24, 2.45) is 0 Å². The molecule has 1 aromatic rings. The van der Waals surface area contributed by atoms with E-state index in [2.05, 4.69) is 5.32 Å². The van der Waals surface area contributed by atoms with Crippen LogP contribution >= 0.6 is 22.6 Å². The van der Waals surface area contributed by atoms with Gasteiger partial charge < -0.3 is 10.4 Å². The van der Waals surface area contributed by atoms with Crippen LogP contribution in [0.2, 0.25) is 0 Å². The van der Waals surface area contributed by atoms with Crippen LogP contribution < -0.4 is 5.32 Å². The fourth-order valence-corrected chi connectivity index (χ4v) is 2.04. The summed E-state index contributed by atoms with van der Waals surface area (Å²) in [4.78, 5) is 10.5. The van der Waals surface area contributed by atoms with Gasteiger partial charge in [0.05, 0.1) is 10.5 Å². The van der Waals surface area contributed by atoms with Crippen molar-refractivity contribution in [1.82, 2.24) is 0 Å². The topological polar surface area (TPSA) is 75.4 Å². The van der Waals surface area contributed by atoms with E-state index in [1.54, 1.807) is 12.1 Å². The third-order valence-electron chi connectivity index (χ3n) is 3.08. The Balaban J connectivity index is 2.88. The summed E-state index contributed by atoms with van der Waals surface area (Å²) in [6, 6.07) is 4.98. The van der Waals surface area contributed by atoms with Crippen molar-refractivity contribution >= 4 is 34.0 Å². The Morgan fingerprint density at radius 1 is 1.44 bits per heavy atom. The zero-order valence-electron chi connectivity index (χ0n) is 10.4. The van der Waals surface area contributed by atoms with Gasteiger partial charge in [-0.1, -0.05) is 13.8 Å². The Morgan fingerprint density at radius 3 is 2.56 bits per heavy atom. The molecule has 0 unspecified atom stereocenters. The van der Waals surface area contributed by atoms with E-state index in [1.807, 2.05) is 36.4 Å². The van der Waals surface area contributed by atoms with Gasteiger partial charge in [-0.25, -0.2) is 0 Å². The summed E-state index contributed by atoms with van der Waals surface area (Å²) in [6.45, 7) is 4.10. The molecule has 0 bridgehead atoms. The number of nitro benzene ring substituents is 1. The fourth-order valence-electron chi connectivity index (χ4n) is 1.57.